The smallest absolute Gasteiger partial charge is 0.159 e. The number of fused-ring (bicyclic) bond motifs is 7. The number of benzene rings is 8. The molecule has 0 amide bonds. The van der Waals surface area contributed by atoms with Crippen molar-refractivity contribution in [1.82, 2.24) is 4.98 Å². The van der Waals surface area contributed by atoms with Crippen molar-refractivity contribution in [3.63, 3.8) is 0 Å². The zero-order valence-corrected chi connectivity index (χ0v) is 27.2. The van der Waals surface area contributed by atoms with Gasteiger partial charge in [-0.2, -0.15) is 0 Å². The number of thiazole rings is 1. The van der Waals surface area contributed by atoms with E-state index < -0.39 is 0 Å². The quantitative estimate of drug-likeness (QED) is 0.187. The van der Waals surface area contributed by atoms with Gasteiger partial charge in [-0.1, -0.05) is 133 Å². The third kappa shape index (κ3) is 4.61. The summed E-state index contributed by atoms with van der Waals surface area (Å²) < 4.78 is 8.00. The molecule has 0 radical (unpaired) electrons. The van der Waals surface area contributed by atoms with E-state index in [1.54, 1.807) is 11.3 Å². The molecule has 0 aliphatic carbocycles. The lowest BCUT2D eigenvalue weighted by atomic mass is 10.0. The lowest BCUT2D eigenvalue weighted by Gasteiger charge is -2.27. The monoisotopic (exact) mass is 644 g/mol. The van der Waals surface area contributed by atoms with Gasteiger partial charge in [-0.3, -0.25) is 0 Å². The average molecular weight is 645 g/mol. The number of para-hydroxylation sites is 1. The highest BCUT2D eigenvalue weighted by atomic mass is 32.1. The number of furan rings is 1. The highest BCUT2D eigenvalue weighted by Crippen LogP contribution is 2.47. The van der Waals surface area contributed by atoms with E-state index in [9.17, 15) is 0 Å². The first-order valence-corrected chi connectivity index (χ1v) is 17.3. The number of hydrogen-bond acceptors (Lipinski definition) is 4. The molecule has 0 atom stereocenters. The fraction of sp³-hybridized carbons (Fsp3) is 0. The van der Waals surface area contributed by atoms with Crippen LogP contribution < -0.4 is 4.90 Å². The molecule has 49 heavy (non-hydrogen) atoms. The van der Waals surface area contributed by atoms with Gasteiger partial charge in [0.15, 0.2) is 5.58 Å². The summed E-state index contributed by atoms with van der Waals surface area (Å²) in [6, 6.07) is 60.1. The second-order valence-corrected chi connectivity index (χ2v) is 13.4. The predicted molar refractivity (Wildman–Crippen MR) is 207 cm³/mol. The van der Waals surface area contributed by atoms with Crippen LogP contribution in [-0.4, -0.2) is 4.98 Å². The predicted octanol–water partition coefficient (Wildman–Crippen LogP) is 13.3. The first kappa shape index (κ1) is 27.8. The molecule has 230 valence electrons. The maximum absolute atomic E-state index is 6.81. The van der Waals surface area contributed by atoms with Crippen LogP contribution in [0.4, 0.5) is 17.1 Å². The zero-order chi connectivity index (χ0) is 32.3. The van der Waals surface area contributed by atoms with E-state index in [-0.39, 0.29) is 0 Å². The van der Waals surface area contributed by atoms with Crippen molar-refractivity contribution in [2.45, 2.75) is 0 Å². The van der Waals surface area contributed by atoms with Crippen molar-refractivity contribution in [2.75, 3.05) is 4.90 Å². The summed E-state index contributed by atoms with van der Waals surface area (Å²) in [5, 5.41) is 7.93. The topological polar surface area (TPSA) is 29.3 Å². The van der Waals surface area contributed by atoms with Gasteiger partial charge in [0.1, 0.15) is 10.6 Å². The maximum Gasteiger partial charge on any atom is 0.159 e. The second-order valence-electron chi connectivity index (χ2n) is 12.4. The standard InChI is InChI=1S/C45H28N2OS/c1-3-12-29(13-4-1)30-22-24-34(25-23-30)47(40-21-11-20-36-38-26-32-16-7-8-17-33(32)27-42(38)48-43(36)40)41-28-39-44(37-19-10-9-18-35(37)41)49-45(46-39)31-14-5-2-6-15-31/h1-28H. The minimum Gasteiger partial charge on any atom is -0.454 e. The van der Waals surface area contributed by atoms with Crippen LogP contribution in [0.1, 0.15) is 0 Å². The number of aromatic nitrogens is 1. The highest BCUT2D eigenvalue weighted by Gasteiger charge is 2.23. The van der Waals surface area contributed by atoms with E-state index in [4.69, 9.17) is 9.40 Å². The lowest BCUT2D eigenvalue weighted by Crippen LogP contribution is -2.11. The highest BCUT2D eigenvalue weighted by molar-refractivity contribution is 7.22. The van der Waals surface area contributed by atoms with Gasteiger partial charge in [-0.25, -0.2) is 4.98 Å². The number of rotatable bonds is 5. The van der Waals surface area contributed by atoms with Gasteiger partial charge in [0.25, 0.3) is 0 Å². The molecule has 0 saturated carbocycles. The summed E-state index contributed by atoms with van der Waals surface area (Å²) >= 11 is 1.75. The Balaban J connectivity index is 1.25. The fourth-order valence-electron chi connectivity index (χ4n) is 7.11. The molecule has 0 N–H and O–H groups in total. The Morgan fingerprint density at radius 3 is 1.88 bits per heavy atom. The summed E-state index contributed by atoms with van der Waals surface area (Å²) in [5.74, 6) is 0. The molecule has 0 saturated heterocycles. The van der Waals surface area contributed by atoms with Crippen molar-refractivity contribution >= 4 is 82.1 Å². The van der Waals surface area contributed by atoms with Gasteiger partial charge in [-0.05, 0) is 58.3 Å². The van der Waals surface area contributed by atoms with E-state index in [0.717, 1.165) is 65.9 Å². The molecule has 0 aliphatic heterocycles. The average Bonchev–Trinajstić information content (AvgIpc) is 3.77. The van der Waals surface area contributed by atoms with Gasteiger partial charge < -0.3 is 9.32 Å². The Labute approximate surface area is 286 Å². The van der Waals surface area contributed by atoms with Gasteiger partial charge >= 0.3 is 0 Å². The van der Waals surface area contributed by atoms with Crippen molar-refractivity contribution in [3.8, 4) is 21.7 Å². The van der Waals surface area contributed by atoms with E-state index in [2.05, 4.69) is 169 Å². The molecular weight excluding hydrogens is 617 g/mol. The van der Waals surface area contributed by atoms with Crippen LogP contribution in [0.15, 0.2) is 174 Å². The molecule has 8 aromatic carbocycles. The zero-order valence-electron chi connectivity index (χ0n) is 26.4. The molecule has 0 unspecified atom stereocenters. The second kappa shape index (κ2) is 11.2. The van der Waals surface area contributed by atoms with Crippen molar-refractivity contribution < 1.29 is 4.42 Å². The Hall–Kier alpha value is -6.23. The molecular formula is C45H28N2OS. The summed E-state index contributed by atoms with van der Waals surface area (Å²) in [5.41, 5.74) is 9.28. The number of hydrogen-bond donors (Lipinski definition) is 0. The minimum absolute atomic E-state index is 0.854. The van der Waals surface area contributed by atoms with E-state index in [1.807, 2.05) is 6.07 Å². The lowest BCUT2D eigenvalue weighted by molar-refractivity contribution is 0.669. The van der Waals surface area contributed by atoms with Crippen LogP contribution in [-0.2, 0) is 0 Å². The van der Waals surface area contributed by atoms with Gasteiger partial charge in [-0.15, -0.1) is 11.3 Å². The summed E-state index contributed by atoms with van der Waals surface area (Å²) in [4.78, 5) is 7.56. The fourth-order valence-corrected chi connectivity index (χ4v) is 8.20. The van der Waals surface area contributed by atoms with Crippen LogP contribution in [0.25, 0.3) is 75.4 Å². The van der Waals surface area contributed by atoms with Crippen molar-refractivity contribution in [2.24, 2.45) is 0 Å². The molecule has 0 bridgehead atoms. The van der Waals surface area contributed by atoms with Crippen LogP contribution >= 0.6 is 11.3 Å². The minimum atomic E-state index is 0.854. The first-order valence-electron chi connectivity index (χ1n) is 16.5. The molecule has 10 rings (SSSR count). The Kier molecular flexibility index (Phi) is 6.36. The largest absolute Gasteiger partial charge is 0.454 e. The molecule has 4 heteroatoms. The third-order valence-electron chi connectivity index (χ3n) is 9.45. The van der Waals surface area contributed by atoms with Crippen molar-refractivity contribution in [1.29, 1.82) is 0 Å². The van der Waals surface area contributed by atoms with Crippen LogP contribution in [0.2, 0.25) is 0 Å². The Morgan fingerprint density at radius 2 is 1.10 bits per heavy atom. The molecule has 2 heterocycles. The van der Waals surface area contributed by atoms with Crippen LogP contribution in [0.3, 0.4) is 0 Å². The third-order valence-corrected chi connectivity index (χ3v) is 10.6. The van der Waals surface area contributed by atoms with Crippen LogP contribution in [0.5, 0.6) is 0 Å². The first-order chi connectivity index (χ1) is 24.3. The Bertz CT molecular complexity index is 2820. The van der Waals surface area contributed by atoms with Crippen LogP contribution in [0, 0.1) is 0 Å². The van der Waals surface area contributed by atoms with Gasteiger partial charge in [0.2, 0.25) is 0 Å². The SMILES string of the molecule is c1ccc(-c2ccc(N(c3cc4nc(-c5ccccc5)sc4c4ccccc34)c3cccc4c3oc3cc5ccccc5cc34)cc2)cc1. The summed E-state index contributed by atoms with van der Waals surface area (Å²) in [6.07, 6.45) is 0. The molecule has 10 aromatic rings. The molecule has 0 spiro atoms. The molecule has 3 nitrogen and oxygen atoms in total. The van der Waals surface area contributed by atoms with E-state index >= 15 is 0 Å². The van der Waals surface area contributed by atoms with E-state index in [0.29, 0.717) is 0 Å². The van der Waals surface area contributed by atoms with Gasteiger partial charge in [0.05, 0.1) is 21.6 Å². The van der Waals surface area contributed by atoms with E-state index in [1.165, 1.54) is 26.6 Å². The molecule has 0 aliphatic rings. The number of nitrogens with zero attached hydrogens (tertiary/aromatic N) is 2. The molecule has 0 fully saturated rings. The maximum atomic E-state index is 6.81. The van der Waals surface area contributed by atoms with Crippen molar-refractivity contribution in [3.05, 3.63) is 170 Å². The van der Waals surface area contributed by atoms with Gasteiger partial charge in [0, 0.05) is 32.8 Å². The summed E-state index contributed by atoms with van der Waals surface area (Å²) in [7, 11) is 0. The Morgan fingerprint density at radius 1 is 0.469 bits per heavy atom. The molecule has 2 aromatic heterocycles. The summed E-state index contributed by atoms with van der Waals surface area (Å²) in [6.45, 7) is 0. The normalized spacial score (nSPS) is 11.7. The number of anilines is 3.